The first-order valence-corrected chi connectivity index (χ1v) is 8.26. The van der Waals surface area contributed by atoms with Crippen molar-refractivity contribution in [2.24, 2.45) is 7.05 Å². The van der Waals surface area contributed by atoms with Crippen molar-refractivity contribution >= 4 is 23.2 Å². The van der Waals surface area contributed by atoms with Gasteiger partial charge in [-0.3, -0.25) is 14.3 Å². The number of pyridine rings is 1. The number of nitrogens with zero attached hydrogens (tertiary/aromatic N) is 4. The zero-order valence-corrected chi connectivity index (χ0v) is 15.1. The molecule has 11 heteroatoms. The number of hydrogen-bond acceptors (Lipinski definition) is 4. The Kier molecular flexibility index (Phi) is 5.23. The highest BCUT2D eigenvalue weighted by Crippen LogP contribution is 2.33. The second kappa shape index (κ2) is 7.47. The van der Waals surface area contributed by atoms with Gasteiger partial charge in [-0.25, -0.2) is 9.48 Å². The molecule has 3 aromatic rings. The summed E-state index contributed by atoms with van der Waals surface area (Å²) in [4.78, 5) is 28.6. The van der Waals surface area contributed by atoms with Gasteiger partial charge in [-0.15, -0.1) is 5.10 Å². The summed E-state index contributed by atoms with van der Waals surface area (Å²) >= 11 is 5.86. The standard InChI is InChI=1S/C17H13ClF3N5O2/c1-25-15(12-4-2-3-7-22-12)24-26(16(25)28)9-14(27)23-13-8-10(17(19,20)21)5-6-11(13)18/h2-8H,9H2,1H3,(H,23,27). The van der Waals surface area contributed by atoms with Gasteiger partial charge < -0.3 is 5.32 Å². The van der Waals surface area contributed by atoms with Crippen LogP contribution in [-0.2, 0) is 24.6 Å². The third kappa shape index (κ3) is 4.06. The largest absolute Gasteiger partial charge is 0.416 e. The molecule has 1 aromatic carbocycles. The van der Waals surface area contributed by atoms with E-state index in [4.69, 9.17) is 11.6 Å². The molecular weight excluding hydrogens is 399 g/mol. The van der Waals surface area contributed by atoms with Crippen LogP contribution < -0.4 is 11.0 Å². The Morgan fingerprint density at radius 2 is 2.00 bits per heavy atom. The van der Waals surface area contributed by atoms with Gasteiger partial charge in [0.1, 0.15) is 12.2 Å². The first-order valence-electron chi connectivity index (χ1n) is 7.88. The second-order valence-electron chi connectivity index (χ2n) is 5.78. The predicted molar refractivity (Wildman–Crippen MR) is 95.8 cm³/mol. The van der Waals surface area contributed by atoms with Crippen LogP contribution in [0, 0.1) is 0 Å². The van der Waals surface area contributed by atoms with Crippen molar-refractivity contribution in [3.05, 3.63) is 63.7 Å². The lowest BCUT2D eigenvalue weighted by atomic mass is 10.2. The van der Waals surface area contributed by atoms with Crippen LogP contribution >= 0.6 is 11.6 Å². The molecule has 1 amide bonds. The molecule has 146 valence electrons. The van der Waals surface area contributed by atoms with E-state index in [1.165, 1.54) is 17.8 Å². The molecule has 0 saturated carbocycles. The number of carbonyl (C=O) groups excluding carboxylic acids is 1. The molecule has 0 saturated heterocycles. The lowest BCUT2D eigenvalue weighted by Gasteiger charge is -2.11. The van der Waals surface area contributed by atoms with Crippen LogP contribution in [0.4, 0.5) is 18.9 Å². The number of rotatable bonds is 4. The Bertz CT molecular complexity index is 1080. The summed E-state index contributed by atoms with van der Waals surface area (Å²) in [6, 6.07) is 7.63. The Morgan fingerprint density at radius 3 is 2.64 bits per heavy atom. The maximum Gasteiger partial charge on any atom is 0.416 e. The van der Waals surface area contributed by atoms with Gasteiger partial charge in [0.25, 0.3) is 0 Å². The lowest BCUT2D eigenvalue weighted by molar-refractivity contribution is -0.137. The summed E-state index contributed by atoms with van der Waals surface area (Å²) in [5.74, 6) is -0.510. The second-order valence-corrected chi connectivity index (χ2v) is 6.19. The Morgan fingerprint density at radius 1 is 1.25 bits per heavy atom. The van der Waals surface area contributed by atoms with E-state index in [-0.39, 0.29) is 16.5 Å². The fourth-order valence-corrected chi connectivity index (χ4v) is 2.60. The molecule has 3 rings (SSSR count). The van der Waals surface area contributed by atoms with Crippen LogP contribution in [0.1, 0.15) is 5.56 Å². The van der Waals surface area contributed by atoms with E-state index in [0.717, 1.165) is 22.9 Å². The minimum absolute atomic E-state index is 0.0658. The maximum absolute atomic E-state index is 12.8. The fourth-order valence-electron chi connectivity index (χ4n) is 2.43. The SMILES string of the molecule is Cn1c(-c2ccccn2)nn(CC(=O)Nc2cc(C(F)(F)F)ccc2Cl)c1=O. The average molecular weight is 412 g/mol. The van der Waals surface area contributed by atoms with Crippen molar-refractivity contribution in [2.75, 3.05) is 5.32 Å². The number of amides is 1. The van der Waals surface area contributed by atoms with Crippen LogP contribution in [0.15, 0.2) is 47.4 Å². The quantitative estimate of drug-likeness (QED) is 0.715. The van der Waals surface area contributed by atoms with Gasteiger partial charge >= 0.3 is 11.9 Å². The third-order valence-electron chi connectivity index (χ3n) is 3.80. The summed E-state index contributed by atoms with van der Waals surface area (Å²) in [5, 5.41) is 6.28. The predicted octanol–water partition coefficient (Wildman–Crippen LogP) is 2.95. The maximum atomic E-state index is 12.8. The summed E-state index contributed by atoms with van der Waals surface area (Å²) in [5.41, 5.74) is -1.32. The van der Waals surface area contributed by atoms with Gasteiger partial charge in [0.15, 0.2) is 5.82 Å². The fraction of sp³-hybridized carbons (Fsp3) is 0.176. The normalized spacial score (nSPS) is 11.5. The minimum Gasteiger partial charge on any atom is -0.323 e. The molecule has 0 spiro atoms. The highest BCUT2D eigenvalue weighted by molar-refractivity contribution is 6.33. The number of aromatic nitrogens is 4. The molecule has 0 unspecified atom stereocenters. The molecule has 0 radical (unpaired) electrons. The first-order chi connectivity index (χ1) is 13.2. The lowest BCUT2D eigenvalue weighted by Crippen LogP contribution is -2.29. The van der Waals surface area contributed by atoms with Gasteiger partial charge in [-0.2, -0.15) is 13.2 Å². The zero-order valence-electron chi connectivity index (χ0n) is 14.4. The summed E-state index contributed by atoms with van der Waals surface area (Å²) in [6.07, 6.45) is -3.05. The number of anilines is 1. The van der Waals surface area contributed by atoms with E-state index in [0.29, 0.717) is 5.69 Å². The molecule has 0 aliphatic heterocycles. The van der Waals surface area contributed by atoms with Crippen LogP contribution in [0.5, 0.6) is 0 Å². The molecule has 0 aliphatic rings. The molecule has 7 nitrogen and oxygen atoms in total. The monoisotopic (exact) mass is 411 g/mol. The summed E-state index contributed by atoms with van der Waals surface area (Å²) in [6.45, 7) is -0.508. The highest BCUT2D eigenvalue weighted by Gasteiger charge is 2.31. The number of halogens is 4. The molecule has 0 fully saturated rings. The van der Waals surface area contributed by atoms with Gasteiger partial charge in [-0.1, -0.05) is 17.7 Å². The number of benzene rings is 1. The van der Waals surface area contributed by atoms with E-state index in [2.05, 4.69) is 15.4 Å². The van der Waals surface area contributed by atoms with Crippen LogP contribution in [0.2, 0.25) is 5.02 Å². The topological polar surface area (TPSA) is 81.8 Å². The van der Waals surface area contributed by atoms with Crippen LogP contribution in [0.3, 0.4) is 0 Å². The van der Waals surface area contributed by atoms with E-state index in [9.17, 15) is 22.8 Å². The zero-order chi connectivity index (χ0) is 20.5. The van der Waals surface area contributed by atoms with Gasteiger partial charge in [0.05, 0.1) is 16.3 Å². The Balaban J connectivity index is 1.82. The number of carbonyl (C=O) groups is 1. The molecule has 0 aliphatic carbocycles. The van der Waals surface area contributed by atoms with Crippen molar-refractivity contribution < 1.29 is 18.0 Å². The number of nitrogens with one attached hydrogen (secondary N) is 1. The summed E-state index contributed by atoms with van der Waals surface area (Å²) in [7, 11) is 1.47. The molecule has 1 N–H and O–H groups in total. The minimum atomic E-state index is -4.58. The molecule has 28 heavy (non-hydrogen) atoms. The van der Waals surface area contributed by atoms with Crippen molar-refractivity contribution in [1.29, 1.82) is 0 Å². The third-order valence-corrected chi connectivity index (χ3v) is 4.13. The molecule has 2 heterocycles. The van der Waals surface area contributed by atoms with Crippen LogP contribution in [0.25, 0.3) is 11.5 Å². The molecule has 0 bridgehead atoms. The van der Waals surface area contributed by atoms with Gasteiger partial charge in [0, 0.05) is 13.2 Å². The van der Waals surface area contributed by atoms with Gasteiger partial charge in [-0.05, 0) is 30.3 Å². The molecule has 0 atom stereocenters. The number of hydrogen-bond donors (Lipinski definition) is 1. The number of alkyl halides is 3. The van der Waals surface area contributed by atoms with Gasteiger partial charge in [0.2, 0.25) is 5.91 Å². The van der Waals surface area contributed by atoms with Crippen molar-refractivity contribution in [2.45, 2.75) is 12.7 Å². The van der Waals surface area contributed by atoms with Crippen molar-refractivity contribution in [1.82, 2.24) is 19.3 Å². The van der Waals surface area contributed by atoms with E-state index in [1.807, 2.05) is 0 Å². The van der Waals surface area contributed by atoms with E-state index >= 15 is 0 Å². The van der Waals surface area contributed by atoms with Crippen molar-refractivity contribution in [3.8, 4) is 11.5 Å². The Labute approximate surface area is 161 Å². The van der Waals surface area contributed by atoms with Crippen LogP contribution in [-0.4, -0.2) is 25.2 Å². The first kappa shape index (κ1) is 19.6. The smallest absolute Gasteiger partial charge is 0.323 e. The highest BCUT2D eigenvalue weighted by atomic mass is 35.5. The van der Waals surface area contributed by atoms with E-state index < -0.39 is 29.9 Å². The summed E-state index contributed by atoms with van der Waals surface area (Å²) < 4.78 is 40.6. The van der Waals surface area contributed by atoms with E-state index in [1.54, 1.807) is 18.2 Å². The average Bonchev–Trinajstić information content (AvgIpc) is 2.92. The Hall–Kier alpha value is -3.14. The molecule has 2 aromatic heterocycles. The molecular formula is C17H13ClF3N5O2. The van der Waals surface area contributed by atoms with Crippen molar-refractivity contribution in [3.63, 3.8) is 0 Å².